The van der Waals surface area contributed by atoms with Crippen molar-refractivity contribution in [3.63, 3.8) is 0 Å². The molecule has 0 aliphatic rings. The molecule has 0 bridgehead atoms. The fraction of sp³-hybridized carbons (Fsp3) is 1.00. The van der Waals surface area contributed by atoms with Crippen molar-refractivity contribution >= 4 is 0 Å². The molecule has 0 saturated carbocycles. The molecule has 0 radical (unpaired) electrons. The summed E-state index contributed by atoms with van der Waals surface area (Å²) >= 11 is 0. The van der Waals surface area contributed by atoms with E-state index < -0.39 is 18.2 Å². The van der Waals surface area contributed by atoms with E-state index in [1.54, 1.807) is 0 Å². The molecular weight excluding hydrogens is 278 g/mol. The van der Waals surface area contributed by atoms with Gasteiger partial charge >= 0.3 is 6.18 Å². The normalized spacial score (nSPS) is 16.2. The molecule has 6 heteroatoms. The first kappa shape index (κ1) is 19.5. The van der Waals surface area contributed by atoms with Crippen LogP contribution < -0.4 is 0 Å². The third kappa shape index (κ3) is 8.86. The van der Waals surface area contributed by atoms with Crippen LogP contribution in [0.3, 0.4) is 0 Å². The van der Waals surface area contributed by atoms with Gasteiger partial charge in [-0.25, -0.2) is 0 Å². The molecule has 1 N–H and O–H groups in total. The zero-order chi connectivity index (χ0) is 13.1. The third-order valence-corrected chi connectivity index (χ3v) is 2.43. The van der Waals surface area contributed by atoms with Crippen LogP contribution in [0.15, 0.2) is 0 Å². The molecule has 0 aromatic rings. The maximum absolute atomic E-state index is 12.2. The molecule has 0 aromatic carbocycles. The molecule has 0 saturated heterocycles. The summed E-state index contributed by atoms with van der Waals surface area (Å²) in [6, 6.07) is 0.222. The molecule has 0 heterocycles. The minimum atomic E-state index is -4.33. The number of halogens is 3. The van der Waals surface area contributed by atoms with Crippen LogP contribution >= 0.6 is 0 Å². The Morgan fingerprint density at radius 3 is 1.65 bits per heavy atom. The van der Waals surface area contributed by atoms with Crippen molar-refractivity contribution in [2.45, 2.75) is 64.9 Å². The van der Waals surface area contributed by atoms with Crippen LogP contribution in [0.4, 0.5) is 13.2 Å². The van der Waals surface area contributed by atoms with Crippen molar-refractivity contribution in [1.29, 1.82) is 0 Å². The van der Waals surface area contributed by atoms with Gasteiger partial charge < -0.3 is 5.11 Å². The number of hydrogen-bond acceptors (Lipinski definition) is 2. The first-order valence-corrected chi connectivity index (χ1v) is 5.49. The average molecular weight is 300 g/mol. The van der Waals surface area contributed by atoms with E-state index in [0.29, 0.717) is 0 Å². The van der Waals surface area contributed by atoms with Gasteiger partial charge in [-0.3, -0.25) is 4.90 Å². The van der Waals surface area contributed by atoms with E-state index >= 15 is 0 Å². The fourth-order valence-electron chi connectivity index (χ4n) is 1.84. The average Bonchev–Trinajstić information content (AvgIpc) is 1.94. The predicted molar refractivity (Wildman–Crippen MR) is 58.3 cm³/mol. The van der Waals surface area contributed by atoms with Crippen molar-refractivity contribution < 1.29 is 34.8 Å². The van der Waals surface area contributed by atoms with Gasteiger partial charge in [0.15, 0.2) is 0 Å². The summed E-state index contributed by atoms with van der Waals surface area (Å²) in [6.07, 6.45) is -5.50. The smallest absolute Gasteiger partial charge is 0.388 e. The van der Waals surface area contributed by atoms with Gasteiger partial charge in [0.2, 0.25) is 0 Å². The Morgan fingerprint density at radius 2 is 1.41 bits per heavy atom. The molecule has 0 amide bonds. The standard InChI is InChI=1S/C11H22F3NO.Ni/c1-8(2)15(9(3)4)7-10(5,16)6-11(12,13)14;/h8-9,16H,6-7H2,1-5H3;. The molecule has 17 heavy (non-hydrogen) atoms. The van der Waals surface area contributed by atoms with Crippen LogP contribution in [-0.2, 0) is 16.5 Å². The predicted octanol–water partition coefficient (Wildman–Crippen LogP) is 2.81. The van der Waals surface area contributed by atoms with Gasteiger partial charge in [-0.15, -0.1) is 0 Å². The number of rotatable bonds is 5. The van der Waals surface area contributed by atoms with Crippen molar-refractivity contribution in [1.82, 2.24) is 4.90 Å². The van der Waals surface area contributed by atoms with Gasteiger partial charge in [0.25, 0.3) is 0 Å². The zero-order valence-corrected chi connectivity index (χ0v) is 11.9. The van der Waals surface area contributed by atoms with E-state index in [2.05, 4.69) is 0 Å². The number of aliphatic hydroxyl groups is 1. The SMILES string of the molecule is CC(C)N(CC(C)(O)CC(F)(F)F)C(C)C.[Ni]. The van der Waals surface area contributed by atoms with Crippen molar-refractivity contribution in [3.05, 3.63) is 0 Å². The largest absolute Gasteiger partial charge is 0.391 e. The molecular formula is C11H22F3NNiO. The Morgan fingerprint density at radius 1 is 1.06 bits per heavy atom. The Balaban J connectivity index is 0. The Labute approximate surface area is 111 Å². The molecule has 0 aromatic heterocycles. The van der Waals surface area contributed by atoms with E-state index in [1.807, 2.05) is 32.6 Å². The molecule has 0 aliphatic carbocycles. The third-order valence-electron chi connectivity index (χ3n) is 2.43. The summed E-state index contributed by atoms with van der Waals surface area (Å²) in [4.78, 5) is 1.85. The summed E-state index contributed by atoms with van der Waals surface area (Å²) in [5.41, 5.74) is -1.73. The summed E-state index contributed by atoms with van der Waals surface area (Å²) in [7, 11) is 0. The van der Waals surface area contributed by atoms with Gasteiger partial charge in [0, 0.05) is 35.1 Å². The van der Waals surface area contributed by atoms with Gasteiger partial charge in [-0.1, -0.05) is 0 Å². The van der Waals surface area contributed by atoms with Crippen LogP contribution in [-0.4, -0.2) is 40.4 Å². The Bertz CT molecular complexity index is 209. The topological polar surface area (TPSA) is 23.5 Å². The van der Waals surface area contributed by atoms with Crippen LogP contribution in [0, 0.1) is 0 Å². The molecule has 108 valence electrons. The van der Waals surface area contributed by atoms with E-state index in [1.165, 1.54) is 6.92 Å². The second-order valence-electron chi connectivity index (χ2n) is 5.15. The first-order chi connectivity index (χ1) is 6.94. The molecule has 0 spiro atoms. The monoisotopic (exact) mass is 299 g/mol. The number of nitrogens with zero attached hydrogens (tertiary/aromatic N) is 1. The molecule has 0 rings (SSSR count). The van der Waals surface area contributed by atoms with Crippen LogP contribution in [0.25, 0.3) is 0 Å². The molecule has 0 fully saturated rings. The molecule has 2 nitrogen and oxygen atoms in total. The van der Waals surface area contributed by atoms with E-state index in [-0.39, 0.29) is 35.1 Å². The summed E-state index contributed by atoms with van der Waals surface area (Å²) < 4.78 is 36.7. The van der Waals surface area contributed by atoms with E-state index in [9.17, 15) is 18.3 Å². The molecule has 1 atom stereocenters. The van der Waals surface area contributed by atoms with Crippen LogP contribution in [0.2, 0.25) is 0 Å². The minimum Gasteiger partial charge on any atom is -0.388 e. The first-order valence-electron chi connectivity index (χ1n) is 5.49. The second-order valence-corrected chi connectivity index (χ2v) is 5.15. The van der Waals surface area contributed by atoms with Crippen molar-refractivity contribution in [3.8, 4) is 0 Å². The van der Waals surface area contributed by atoms with Gasteiger partial charge in [0.1, 0.15) is 0 Å². The van der Waals surface area contributed by atoms with E-state index in [0.717, 1.165) is 0 Å². The summed E-state index contributed by atoms with van der Waals surface area (Å²) in [5.74, 6) is 0. The number of alkyl halides is 3. The Kier molecular flexibility index (Phi) is 8.00. The molecule has 1 unspecified atom stereocenters. The minimum absolute atomic E-state index is 0. The summed E-state index contributed by atoms with van der Waals surface area (Å²) in [6.45, 7) is 8.89. The quantitative estimate of drug-likeness (QED) is 0.789. The van der Waals surface area contributed by atoms with Gasteiger partial charge in [-0.05, 0) is 34.6 Å². The molecule has 0 aliphatic heterocycles. The Hall–Kier alpha value is 0.204. The van der Waals surface area contributed by atoms with Crippen LogP contribution in [0.1, 0.15) is 41.0 Å². The van der Waals surface area contributed by atoms with Crippen LogP contribution in [0.5, 0.6) is 0 Å². The van der Waals surface area contributed by atoms with Gasteiger partial charge in [-0.2, -0.15) is 13.2 Å². The van der Waals surface area contributed by atoms with E-state index in [4.69, 9.17) is 0 Å². The van der Waals surface area contributed by atoms with Crippen molar-refractivity contribution in [2.75, 3.05) is 6.54 Å². The number of hydrogen-bond donors (Lipinski definition) is 1. The van der Waals surface area contributed by atoms with Crippen molar-refractivity contribution in [2.24, 2.45) is 0 Å². The van der Waals surface area contributed by atoms with Gasteiger partial charge in [0.05, 0.1) is 12.0 Å². The summed E-state index contributed by atoms with van der Waals surface area (Å²) in [5, 5.41) is 9.76. The zero-order valence-electron chi connectivity index (χ0n) is 10.9. The maximum Gasteiger partial charge on any atom is 0.391 e. The second kappa shape index (κ2) is 6.96. The fourth-order valence-corrected chi connectivity index (χ4v) is 1.84. The maximum atomic E-state index is 12.2.